The van der Waals surface area contributed by atoms with Gasteiger partial charge in [-0.3, -0.25) is 4.79 Å². The Balaban J connectivity index is 1.75. The van der Waals surface area contributed by atoms with Gasteiger partial charge < -0.3 is 18.8 Å². The lowest BCUT2D eigenvalue weighted by molar-refractivity contribution is -0.152. The first-order chi connectivity index (χ1) is 10.6. The van der Waals surface area contributed by atoms with E-state index < -0.39 is 0 Å². The van der Waals surface area contributed by atoms with E-state index in [4.69, 9.17) is 13.9 Å². The lowest BCUT2D eigenvalue weighted by Crippen LogP contribution is -2.58. The SMILES string of the molecule is CC(C)OC[C@]12CCCO[C@H]1CCN(C(=O)c1ccoc1)C2. The molecule has 0 aromatic carbocycles. The van der Waals surface area contributed by atoms with Crippen LogP contribution in [0.15, 0.2) is 23.0 Å². The lowest BCUT2D eigenvalue weighted by Gasteiger charge is -2.50. The molecule has 2 aliphatic rings. The third-order valence-corrected chi connectivity index (χ3v) is 4.75. The molecule has 122 valence electrons. The molecule has 1 amide bonds. The van der Waals surface area contributed by atoms with Gasteiger partial charge in [0.1, 0.15) is 6.26 Å². The Hall–Kier alpha value is -1.33. The number of amides is 1. The van der Waals surface area contributed by atoms with Gasteiger partial charge in [0, 0.05) is 25.1 Å². The fraction of sp³-hybridized carbons (Fsp3) is 0.706. The Labute approximate surface area is 131 Å². The molecule has 0 saturated carbocycles. The van der Waals surface area contributed by atoms with E-state index in [2.05, 4.69) is 0 Å². The van der Waals surface area contributed by atoms with Crippen LogP contribution in [0.4, 0.5) is 0 Å². The Morgan fingerprint density at radius 2 is 2.41 bits per heavy atom. The summed E-state index contributed by atoms with van der Waals surface area (Å²) in [6.45, 7) is 7.01. The van der Waals surface area contributed by atoms with Gasteiger partial charge in [0.25, 0.3) is 5.91 Å². The minimum atomic E-state index is -0.0693. The maximum Gasteiger partial charge on any atom is 0.257 e. The number of likely N-dealkylation sites (tertiary alicyclic amines) is 1. The molecule has 2 aliphatic heterocycles. The number of ether oxygens (including phenoxy) is 2. The second-order valence-electron chi connectivity index (χ2n) is 6.71. The highest BCUT2D eigenvalue weighted by atomic mass is 16.5. The van der Waals surface area contributed by atoms with Crippen molar-refractivity contribution in [1.29, 1.82) is 0 Å². The van der Waals surface area contributed by atoms with Gasteiger partial charge in [-0.15, -0.1) is 0 Å². The van der Waals surface area contributed by atoms with Crippen molar-refractivity contribution in [1.82, 2.24) is 4.90 Å². The van der Waals surface area contributed by atoms with Crippen LogP contribution in [-0.2, 0) is 9.47 Å². The molecule has 0 N–H and O–H groups in total. The maximum absolute atomic E-state index is 12.6. The fourth-order valence-electron chi connectivity index (χ4n) is 3.58. The van der Waals surface area contributed by atoms with Crippen LogP contribution in [0.25, 0.3) is 0 Å². The van der Waals surface area contributed by atoms with Crippen LogP contribution in [-0.4, -0.2) is 49.3 Å². The van der Waals surface area contributed by atoms with Crippen molar-refractivity contribution in [2.45, 2.75) is 45.3 Å². The molecule has 0 unspecified atom stereocenters. The molecule has 3 heterocycles. The molecular weight excluding hydrogens is 282 g/mol. The summed E-state index contributed by atoms with van der Waals surface area (Å²) in [5, 5.41) is 0. The number of piperidine rings is 1. The van der Waals surface area contributed by atoms with Crippen LogP contribution < -0.4 is 0 Å². The molecule has 2 atom stereocenters. The predicted octanol–water partition coefficient (Wildman–Crippen LogP) is 2.72. The van der Waals surface area contributed by atoms with Crippen LogP contribution >= 0.6 is 0 Å². The Bertz CT molecular complexity index is 499. The highest BCUT2D eigenvalue weighted by Gasteiger charge is 2.47. The van der Waals surface area contributed by atoms with Crippen molar-refractivity contribution in [3.05, 3.63) is 24.2 Å². The number of hydrogen-bond donors (Lipinski definition) is 0. The van der Waals surface area contributed by atoms with Crippen LogP contribution in [0.5, 0.6) is 0 Å². The Morgan fingerprint density at radius 1 is 1.55 bits per heavy atom. The molecule has 5 heteroatoms. The highest BCUT2D eigenvalue weighted by molar-refractivity contribution is 5.93. The van der Waals surface area contributed by atoms with Crippen LogP contribution in [0, 0.1) is 5.41 Å². The van der Waals surface area contributed by atoms with Crippen molar-refractivity contribution in [2.75, 3.05) is 26.3 Å². The largest absolute Gasteiger partial charge is 0.472 e. The number of carbonyl (C=O) groups is 1. The molecular formula is C17H25NO4. The summed E-state index contributed by atoms with van der Waals surface area (Å²) in [6, 6.07) is 1.73. The molecule has 0 bridgehead atoms. The van der Waals surface area contributed by atoms with Gasteiger partial charge in [0.15, 0.2) is 0 Å². The average Bonchev–Trinajstić information content (AvgIpc) is 3.06. The Kier molecular flexibility index (Phi) is 4.54. The van der Waals surface area contributed by atoms with E-state index in [0.29, 0.717) is 18.7 Å². The Morgan fingerprint density at radius 3 is 3.14 bits per heavy atom. The first-order valence-corrected chi connectivity index (χ1v) is 8.15. The molecule has 22 heavy (non-hydrogen) atoms. The summed E-state index contributed by atoms with van der Waals surface area (Å²) in [5.41, 5.74) is 0.551. The van der Waals surface area contributed by atoms with Gasteiger partial charge in [0.05, 0.1) is 30.6 Å². The normalized spacial score (nSPS) is 28.7. The van der Waals surface area contributed by atoms with Crippen molar-refractivity contribution < 1.29 is 18.7 Å². The number of furan rings is 1. The molecule has 5 nitrogen and oxygen atoms in total. The molecule has 0 spiro atoms. The average molecular weight is 307 g/mol. The number of rotatable bonds is 4. The third-order valence-electron chi connectivity index (χ3n) is 4.75. The zero-order chi connectivity index (χ0) is 15.6. The second kappa shape index (κ2) is 6.42. The van der Waals surface area contributed by atoms with Crippen molar-refractivity contribution in [3.63, 3.8) is 0 Å². The zero-order valence-electron chi connectivity index (χ0n) is 13.4. The van der Waals surface area contributed by atoms with Crippen molar-refractivity contribution in [2.24, 2.45) is 5.41 Å². The van der Waals surface area contributed by atoms with Crippen LogP contribution in [0.1, 0.15) is 43.5 Å². The quantitative estimate of drug-likeness (QED) is 0.858. The molecule has 2 saturated heterocycles. The minimum absolute atomic E-state index is 0.0432. The van der Waals surface area contributed by atoms with Crippen LogP contribution in [0.2, 0.25) is 0 Å². The molecule has 3 rings (SSSR count). The highest BCUT2D eigenvalue weighted by Crippen LogP contribution is 2.41. The number of nitrogens with zero attached hydrogens (tertiary/aromatic N) is 1. The van der Waals surface area contributed by atoms with E-state index in [1.807, 2.05) is 18.7 Å². The number of hydrogen-bond acceptors (Lipinski definition) is 4. The van der Waals surface area contributed by atoms with Gasteiger partial charge in [-0.25, -0.2) is 0 Å². The van der Waals surface area contributed by atoms with Crippen molar-refractivity contribution >= 4 is 5.91 Å². The summed E-state index contributed by atoms with van der Waals surface area (Å²) in [6.07, 6.45) is 6.42. The summed E-state index contributed by atoms with van der Waals surface area (Å²) in [7, 11) is 0. The van der Waals surface area contributed by atoms with Gasteiger partial charge >= 0.3 is 0 Å². The van der Waals surface area contributed by atoms with E-state index in [9.17, 15) is 4.79 Å². The smallest absolute Gasteiger partial charge is 0.257 e. The molecule has 2 fully saturated rings. The van der Waals surface area contributed by atoms with Gasteiger partial charge in [0.2, 0.25) is 0 Å². The molecule has 0 aliphatic carbocycles. The van der Waals surface area contributed by atoms with E-state index in [1.165, 1.54) is 6.26 Å². The second-order valence-corrected chi connectivity index (χ2v) is 6.71. The molecule has 1 aromatic heterocycles. The van der Waals surface area contributed by atoms with Gasteiger partial charge in [-0.05, 0) is 39.2 Å². The van der Waals surface area contributed by atoms with E-state index >= 15 is 0 Å². The van der Waals surface area contributed by atoms with Gasteiger partial charge in [-0.1, -0.05) is 0 Å². The topological polar surface area (TPSA) is 51.9 Å². The minimum Gasteiger partial charge on any atom is -0.472 e. The summed E-state index contributed by atoms with van der Waals surface area (Å²) < 4.78 is 17.0. The number of fused-ring (bicyclic) bond motifs is 1. The number of carbonyl (C=O) groups excluding carboxylic acids is 1. The van der Waals surface area contributed by atoms with E-state index in [-0.39, 0.29) is 23.5 Å². The zero-order valence-corrected chi connectivity index (χ0v) is 13.4. The van der Waals surface area contributed by atoms with Crippen LogP contribution in [0.3, 0.4) is 0 Å². The summed E-state index contributed by atoms with van der Waals surface area (Å²) in [4.78, 5) is 14.5. The van der Waals surface area contributed by atoms with Gasteiger partial charge in [-0.2, -0.15) is 0 Å². The first-order valence-electron chi connectivity index (χ1n) is 8.15. The lowest BCUT2D eigenvalue weighted by atomic mass is 9.73. The van der Waals surface area contributed by atoms with E-state index in [0.717, 1.165) is 32.4 Å². The summed E-state index contributed by atoms with van der Waals surface area (Å²) >= 11 is 0. The maximum atomic E-state index is 12.6. The molecule has 0 radical (unpaired) electrons. The standard InChI is InChI=1S/C17H25NO4/c1-13(2)22-12-17-6-3-8-21-15(17)4-7-18(11-17)16(19)14-5-9-20-10-14/h5,9-10,13,15H,3-4,6-8,11-12H2,1-2H3/t15-,17+/m0/s1. The predicted molar refractivity (Wildman–Crippen MR) is 81.7 cm³/mol. The fourth-order valence-corrected chi connectivity index (χ4v) is 3.58. The first kappa shape index (κ1) is 15.6. The summed E-state index contributed by atoms with van der Waals surface area (Å²) in [5.74, 6) is 0.0432. The third kappa shape index (κ3) is 3.06. The molecule has 1 aromatic rings. The van der Waals surface area contributed by atoms with Crippen molar-refractivity contribution in [3.8, 4) is 0 Å². The van der Waals surface area contributed by atoms with E-state index in [1.54, 1.807) is 12.3 Å². The monoisotopic (exact) mass is 307 g/mol.